The Balaban J connectivity index is 1.65. The first-order chi connectivity index (χ1) is 9.72. The van der Waals surface area contributed by atoms with Gasteiger partial charge in [0.1, 0.15) is 0 Å². The molecule has 3 atom stereocenters. The zero-order valence-corrected chi connectivity index (χ0v) is 13.2. The minimum absolute atomic E-state index is 0.335. The smallest absolute Gasteiger partial charge is 0.157 e. The zero-order chi connectivity index (χ0) is 13.9. The van der Waals surface area contributed by atoms with Crippen LogP contribution in [-0.4, -0.2) is 17.0 Å². The first-order valence-corrected chi connectivity index (χ1v) is 8.74. The van der Waals surface area contributed by atoms with Crippen molar-refractivity contribution in [3.05, 3.63) is 35.4 Å². The standard InChI is InChI=1S/C17H24N2S/c1-12-7-9-14(10-8-12)13(2)18-17-19-16-6-4-3-5-15(16)11-20-17/h7-10,13,15-16H,3-6,11H2,1-2H3,(H,18,19). The third-order valence-electron chi connectivity index (χ3n) is 4.50. The van der Waals surface area contributed by atoms with Gasteiger partial charge in [-0.3, -0.25) is 4.99 Å². The molecule has 1 N–H and O–H groups in total. The van der Waals surface area contributed by atoms with Crippen LogP contribution in [-0.2, 0) is 0 Å². The van der Waals surface area contributed by atoms with Crippen LogP contribution >= 0.6 is 11.8 Å². The Morgan fingerprint density at radius 2 is 1.95 bits per heavy atom. The highest BCUT2D eigenvalue weighted by Gasteiger charge is 2.29. The van der Waals surface area contributed by atoms with Gasteiger partial charge in [0.15, 0.2) is 5.17 Å². The highest BCUT2D eigenvalue weighted by atomic mass is 32.2. The number of aryl methyl sites for hydroxylation is 1. The predicted molar refractivity (Wildman–Crippen MR) is 88.4 cm³/mol. The first kappa shape index (κ1) is 14.0. The minimum atomic E-state index is 0.335. The van der Waals surface area contributed by atoms with Crippen LogP contribution in [0.1, 0.15) is 49.8 Å². The van der Waals surface area contributed by atoms with Crippen LogP contribution in [0.3, 0.4) is 0 Å². The van der Waals surface area contributed by atoms with E-state index < -0.39 is 0 Å². The molecular weight excluding hydrogens is 264 g/mol. The van der Waals surface area contributed by atoms with E-state index >= 15 is 0 Å². The molecule has 0 spiro atoms. The molecular formula is C17H24N2S. The van der Waals surface area contributed by atoms with Crippen LogP contribution < -0.4 is 5.32 Å². The fraction of sp³-hybridized carbons (Fsp3) is 0.588. The van der Waals surface area contributed by atoms with E-state index in [4.69, 9.17) is 4.99 Å². The Morgan fingerprint density at radius 1 is 1.20 bits per heavy atom. The van der Waals surface area contributed by atoms with Gasteiger partial charge in [-0.1, -0.05) is 54.4 Å². The molecule has 3 unspecified atom stereocenters. The summed E-state index contributed by atoms with van der Waals surface area (Å²) in [7, 11) is 0. The number of nitrogens with one attached hydrogen (secondary N) is 1. The quantitative estimate of drug-likeness (QED) is 0.877. The average Bonchev–Trinajstić information content (AvgIpc) is 2.48. The molecule has 0 amide bonds. The van der Waals surface area contributed by atoms with E-state index in [9.17, 15) is 0 Å². The van der Waals surface area contributed by atoms with E-state index in [0.717, 1.165) is 11.1 Å². The van der Waals surface area contributed by atoms with Gasteiger partial charge >= 0.3 is 0 Å². The third kappa shape index (κ3) is 3.20. The predicted octanol–water partition coefficient (Wildman–Crippen LogP) is 4.31. The number of rotatable bonds is 2. The Morgan fingerprint density at radius 3 is 2.75 bits per heavy atom. The second-order valence-corrected chi connectivity index (χ2v) is 7.14. The molecule has 1 aromatic carbocycles. The summed E-state index contributed by atoms with van der Waals surface area (Å²) in [4.78, 5) is 4.96. The molecule has 3 rings (SSSR count). The summed E-state index contributed by atoms with van der Waals surface area (Å²) in [5.41, 5.74) is 2.65. The Kier molecular flexibility index (Phi) is 4.35. The number of aliphatic imine (C=N–C) groups is 1. The lowest BCUT2D eigenvalue weighted by Gasteiger charge is -2.33. The highest BCUT2D eigenvalue weighted by molar-refractivity contribution is 8.13. The van der Waals surface area contributed by atoms with E-state index in [1.165, 1.54) is 42.6 Å². The van der Waals surface area contributed by atoms with E-state index in [2.05, 4.69) is 43.4 Å². The Bertz CT molecular complexity index is 480. The monoisotopic (exact) mass is 288 g/mol. The Labute approximate surface area is 126 Å². The van der Waals surface area contributed by atoms with Gasteiger partial charge in [0, 0.05) is 5.75 Å². The summed E-state index contributed by atoms with van der Waals surface area (Å²) >= 11 is 1.91. The maximum atomic E-state index is 4.96. The molecule has 1 heterocycles. The second-order valence-electron chi connectivity index (χ2n) is 6.13. The fourth-order valence-corrected chi connectivity index (χ4v) is 4.36. The number of nitrogens with zero attached hydrogens (tertiary/aromatic N) is 1. The minimum Gasteiger partial charge on any atom is -0.358 e. The molecule has 2 aliphatic rings. The summed E-state index contributed by atoms with van der Waals surface area (Å²) in [6.07, 6.45) is 5.42. The van der Waals surface area contributed by atoms with Gasteiger partial charge < -0.3 is 5.32 Å². The lowest BCUT2D eigenvalue weighted by atomic mass is 9.86. The van der Waals surface area contributed by atoms with Crippen molar-refractivity contribution in [2.24, 2.45) is 10.9 Å². The number of amidine groups is 1. The van der Waals surface area contributed by atoms with Gasteiger partial charge in [-0.25, -0.2) is 0 Å². The molecule has 2 nitrogen and oxygen atoms in total. The summed E-state index contributed by atoms with van der Waals surface area (Å²) in [5, 5.41) is 4.75. The number of hydrogen-bond acceptors (Lipinski definition) is 3. The first-order valence-electron chi connectivity index (χ1n) is 7.76. The summed E-state index contributed by atoms with van der Waals surface area (Å²) < 4.78 is 0. The molecule has 3 heteroatoms. The number of thioether (sulfide) groups is 1. The van der Waals surface area contributed by atoms with Crippen molar-refractivity contribution < 1.29 is 0 Å². The van der Waals surface area contributed by atoms with Gasteiger partial charge in [-0.05, 0) is 38.2 Å². The zero-order valence-electron chi connectivity index (χ0n) is 12.4. The van der Waals surface area contributed by atoms with Gasteiger partial charge in [0.2, 0.25) is 0 Å². The van der Waals surface area contributed by atoms with Gasteiger partial charge in [0.25, 0.3) is 0 Å². The van der Waals surface area contributed by atoms with E-state index in [1.54, 1.807) is 0 Å². The molecule has 0 aromatic heterocycles. The molecule has 1 aliphatic carbocycles. The molecule has 0 radical (unpaired) electrons. The van der Waals surface area contributed by atoms with Gasteiger partial charge in [-0.15, -0.1) is 0 Å². The molecule has 1 aromatic rings. The van der Waals surface area contributed by atoms with Crippen LogP contribution in [0.5, 0.6) is 0 Å². The number of hydrogen-bond donors (Lipinski definition) is 1. The van der Waals surface area contributed by atoms with Crippen LogP contribution in [0.4, 0.5) is 0 Å². The lowest BCUT2D eigenvalue weighted by molar-refractivity contribution is 0.335. The van der Waals surface area contributed by atoms with E-state index in [0.29, 0.717) is 12.1 Å². The van der Waals surface area contributed by atoms with Crippen LogP contribution in [0, 0.1) is 12.8 Å². The van der Waals surface area contributed by atoms with E-state index in [-0.39, 0.29) is 0 Å². The molecule has 0 bridgehead atoms. The molecule has 20 heavy (non-hydrogen) atoms. The third-order valence-corrected chi connectivity index (χ3v) is 5.60. The second kappa shape index (κ2) is 6.21. The number of fused-ring (bicyclic) bond motifs is 1. The Hall–Kier alpha value is -0.960. The normalized spacial score (nSPS) is 27.4. The molecule has 1 aliphatic heterocycles. The van der Waals surface area contributed by atoms with Crippen LogP contribution in [0.25, 0.3) is 0 Å². The van der Waals surface area contributed by atoms with Crippen molar-refractivity contribution in [1.29, 1.82) is 0 Å². The van der Waals surface area contributed by atoms with Crippen molar-refractivity contribution >= 4 is 16.9 Å². The lowest BCUT2D eigenvalue weighted by Crippen LogP contribution is -2.35. The maximum Gasteiger partial charge on any atom is 0.157 e. The van der Waals surface area contributed by atoms with Gasteiger partial charge in [-0.2, -0.15) is 0 Å². The van der Waals surface area contributed by atoms with Crippen molar-refractivity contribution in [2.45, 2.75) is 51.6 Å². The molecule has 0 saturated heterocycles. The fourth-order valence-electron chi connectivity index (χ4n) is 3.13. The van der Waals surface area contributed by atoms with Crippen molar-refractivity contribution in [2.75, 3.05) is 5.75 Å². The molecule has 108 valence electrons. The van der Waals surface area contributed by atoms with Gasteiger partial charge in [0.05, 0.1) is 12.1 Å². The molecule has 1 fully saturated rings. The van der Waals surface area contributed by atoms with Crippen LogP contribution in [0.15, 0.2) is 29.3 Å². The molecule has 1 saturated carbocycles. The van der Waals surface area contributed by atoms with Crippen molar-refractivity contribution in [3.8, 4) is 0 Å². The summed E-state index contributed by atoms with van der Waals surface area (Å²) in [6.45, 7) is 4.35. The average molecular weight is 288 g/mol. The SMILES string of the molecule is Cc1ccc(C(C)NC2=NC3CCCCC3CS2)cc1. The van der Waals surface area contributed by atoms with Crippen molar-refractivity contribution in [1.82, 2.24) is 5.32 Å². The van der Waals surface area contributed by atoms with Crippen LogP contribution in [0.2, 0.25) is 0 Å². The van der Waals surface area contributed by atoms with E-state index in [1.807, 2.05) is 11.8 Å². The van der Waals surface area contributed by atoms with Crippen molar-refractivity contribution in [3.63, 3.8) is 0 Å². The maximum absolute atomic E-state index is 4.96. The largest absolute Gasteiger partial charge is 0.358 e. The summed E-state index contributed by atoms with van der Waals surface area (Å²) in [5.74, 6) is 2.07. The highest BCUT2D eigenvalue weighted by Crippen LogP contribution is 2.34. The summed E-state index contributed by atoms with van der Waals surface area (Å²) in [6, 6.07) is 9.70. The topological polar surface area (TPSA) is 24.4 Å². The number of benzene rings is 1.